The molecule has 0 N–H and O–H groups in total. The van der Waals surface area contributed by atoms with E-state index >= 15 is 0 Å². The summed E-state index contributed by atoms with van der Waals surface area (Å²) in [5.41, 5.74) is 0.535. The maximum absolute atomic E-state index is 11.2. The van der Waals surface area contributed by atoms with Gasteiger partial charge in [-0.3, -0.25) is 0 Å². The Morgan fingerprint density at radius 1 is 1.50 bits per heavy atom. The van der Waals surface area contributed by atoms with E-state index in [1.807, 2.05) is 6.92 Å². The largest absolute Gasteiger partial charge is 0.462 e. The minimum absolute atomic E-state index is 0.276. The Morgan fingerprint density at radius 3 is 2.50 bits per heavy atom. The van der Waals surface area contributed by atoms with Crippen molar-refractivity contribution in [3.8, 4) is 0 Å². The predicted molar refractivity (Wildman–Crippen MR) is 63.1 cm³/mol. The Labute approximate surface area is 92.0 Å². The molecule has 0 aromatic carbocycles. The van der Waals surface area contributed by atoms with Gasteiger partial charge in [0.25, 0.3) is 0 Å². The lowest BCUT2D eigenvalue weighted by atomic mass is 10.2. The Bertz CT molecular complexity index is 209. The highest BCUT2D eigenvalue weighted by Gasteiger charge is 2.16. The zero-order valence-corrected chi connectivity index (χ0v) is 11.0. The molecule has 14 heavy (non-hydrogen) atoms. The second-order valence-electron chi connectivity index (χ2n) is 3.92. The molecule has 4 heteroatoms. The van der Waals surface area contributed by atoms with E-state index in [9.17, 15) is 4.79 Å². The highest BCUT2D eigenvalue weighted by Crippen LogP contribution is 2.16. The van der Waals surface area contributed by atoms with E-state index in [-0.39, 0.29) is 5.97 Å². The summed E-state index contributed by atoms with van der Waals surface area (Å²) < 4.78 is 5.02. The molecule has 82 valence electrons. The molecular weight excluding hydrogens is 216 g/mol. The van der Waals surface area contributed by atoms with Gasteiger partial charge in [0.05, 0.1) is 6.61 Å². The highest BCUT2D eigenvalue weighted by molar-refractivity contribution is 7.19. The smallest absolute Gasteiger partial charge is 0.333 e. The van der Waals surface area contributed by atoms with Crippen molar-refractivity contribution in [1.29, 1.82) is 0 Å². The Hall–Kier alpha value is -0.283. The van der Waals surface area contributed by atoms with Crippen LogP contribution in [0.5, 0.6) is 0 Å². The number of rotatable bonds is 6. The van der Waals surface area contributed by atoms with Gasteiger partial charge in [0, 0.05) is 5.57 Å². The molecule has 0 radical (unpaired) electrons. The summed E-state index contributed by atoms with van der Waals surface area (Å²) in [5, 5.41) is 0. The van der Waals surface area contributed by atoms with Crippen molar-refractivity contribution < 1.29 is 9.53 Å². The van der Waals surface area contributed by atoms with Gasteiger partial charge in [-0.1, -0.05) is 26.6 Å². The van der Waals surface area contributed by atoms with Gasteiger partial charge in [0.2, 0.25) is 0 Å². The van der Waals surface area contributed by atoms with Crippen LogP contribution >= 0.6 is 11.1 Å². The number of carbonyl (C=O) groups is 1. The lowest BCUT2D eigenvalue weighted by Crippen LogP contribution is -2.17. The minimum Gasteiger partial charge on any atom is -0.462 e. The molecular formula is C10H19ClO2Si. The molecule has 2 nitrogen and oxygen atoms in total. The first-order chi connectivity index (χ1) is 6.37. The summed E-state index contributed by atoms with van der Waals surface area (Å²) >= 11 is 6.12. The molecule has 0 aromatic heterocycles. The maximum atomic E-state index is 11.2. The molecule has 0 saturated heterocycles. The zero-order valence-electron chi connectivity index (χ0n) is 9.23. The lowest BCUT2D eigenvalue weighted by molar-refractivity contribution is -0.139. The molecule has 0 aliphatic rings. The van der Waals surface area contributed by atoms with Gasteiger partial charge in [-0.2, -0.15) is 11.1 Å². The third-order valence-electron chi connectivity index (χ3n) is 1.86. The normalized spacial score (nSPS) is 11.1. The molecule has 0 amide bonds. The Kier molecular flexibility index (Phi) is 6.12. The summed E-state index contributed by atoms with van der Waals surface area (Å²) in [6, 6.07) is 0.973. The van der Waals surface area contributed by atoms with Crippen LogP contribution in [0.2, 0.25) is 19.1 Å². The molecule has 0 fully saturated rings. The molecule has 0 spiro atoms. The van der Waals surface area contributed by atoms with Crippen molar-refractivity contribution in [2.45, 2.75) is 38.9 Å². The molecule has 0 rings (SSSR count). The SMILES string of the molecule is C=C(CC)C(=O)OCCC[Si](C)(C)Cl. The fourth-order valence-corrected chi connectivity index (χ4v) is 2.29. The van der Waals surface area contributed by atoms with Gasteiger partial charge in [-0.05, 0) is 18.9 Å². The van der Waals surface area contributed by atoms with E-state index in [2.05, 4.69) is 19.7 Å². The third kappa shape index (κ3) is 7.15. The van der Waals surface area contributed by atoms with Crippen LogP contribution in [0.25, 0.3) is 0 Å². The molecule has 0 aliphatic heterocycles. The first kappa shape index (κ1) is 13.7. The number of esters is 1. The van der Waals surface area contributed by atoms with Crippen molar-refractivity contribution >= 4 is 24.4 Å². The minimum atomic E-state index is -1.51. The molecule has 0 saturated carbocycles. The van der Waals surface area contributed by atoms with Crippen LogP contribution in [0.4, 0.5) is 0 Å². The fourth-order valence-electron chi connectivity index (χ4n) is 0.904. The summed E-state index contributed by atoms with van der Waals surface area (Å²) in [4.78, 5) is 11.2. The van der Waals surface area contributed by atoms with E-state index in [0.717, 1.165) is 12.5 Å². The van der Waals surface area contributed by atoms with Crippen LogP contribution in [0.3, 0.4) is 0 Å². The molecule has 0 atom stereocenters. The second kappa shape index (κ2) is 6.25. The van der Waals surface area contributed by atoms with E-state index in [0.29, 0.717) is 18.6 Å². The maximum Gasteiger partial charge on any atom is 0.333 e. The quantitative estimate of drug-likeness (QED) is 0.232. The van der Waals surface area contributed by atoms with Crippen LogP contribution in [0.15, 0.2) is 12.2 Å². The van der Waals surface area contributed by atoms with Gasteiger partial charge >= 0.3 is 5.97 Å². The van der Waals surface area contributed by atoms with Crippen molar-refractivity contribution in [1.82, 2.24) is 0 Å². The average molecular weight is 235 g/mol. The number of halogens is 1. The van der Waals surface area contributed by atoms with Crippen molar-refractivity contribution in [3.05, 3.63) is 12.2 Å². The fraction of sp³-hybridized carbons (Fsp3) is 0.700. The predicted octanol–water partition coefficient (Wildman–Crippen LogP) is 3.33. The highest BCUT2D eigenvalue weighted by atomic mass is 35.6. The molecule has 0 unspecified atom stereocenters. The van der Waals surface area contributed by atoms with E-state index in [4.69, 9.17) is 15.8 Å². The summed E-state index contributed by atoms with van der Waals surface area (Å²) in [6.45, 7) is 10.1. The van der Waals surface area contributed by atoms with Gasteiger partial charge in [0.15, 0.2) is 7.38 Å². The Balaban J connectivity index is 3.56. The van der Waals surface area contributed by atoms with Crippen molar-refractivity contribution in [3.63, 3.8) is 0 Å². The summed E-state index contributed by atoms with van der Waals surface area (Å²) in [5.74, 6) is -0.276. The summed E-state index contributed by atoms with van der Waals surface area (Å²) in [6.07, 6.45) is 1.50. The van der Waals surface area contributed by atoms with Crippen LogP contribution in [-0.2, 0) is 9.53 Å². The first-order valence-electron chi connectivity index (χ1n) is 4.90. The number of hydrogen-bond acceptors (Lipinski definition) is 2. The van der Waals surface area contributed by atoms with Crippen LogP contribution in [0.1, 0.15) is 19.8 Å². The van der Waals surface area contributed by atoms with Crippen molar-refractivity contribution in [2.24, 2.45) is 0 Å². The van der Waals surface area contributed by atoms with Crippen molar-refractivity contribution in [2.75, 3.05) is 6.61 Å². The van der Waals surface area contributed by atoms with E-state index in [1.165, 1.54) is 0 Å². The third-order valence-corrected chi connectivity index (χ3v) is 3.97. The second-order valence-corrected chi connectivity index (χ2v) is 10.9. The average Bonchev–Trinajstić information content (AvgIpc) is 2.09. The number of carbonyl (C=O) groups excluding carboxylic acids is 1. The Morgan fingerprint density at radius 2 is 2.07 bits per heavy atom. The van der Waals surface area contributed by atoms with E-state index < -0.39 is 7.38 Å². The topological polar surface area (TPSA) is 26.3 Å². The van der Waals surface area contributed by atoms with Gasteiger partial charge in [0.1, 0.15) is 0 Å². The van der Waals surface area contributed by atoms with Gasteiger partial charge < -0.3 is 4.74 Å². The van der Waals surface area contributed by atoms with Crippen LogP contribution in [-0.4, -0.2) is 20.0 Å². The molecule has 0 aliphatic carbocycles. The first-order valence-corrected chi connectivity index (χ1v) is 9.12. The van der Waals surface area contributed by atoms with Crippen LogP contribution < -0.4 is 0 Å². The molecule has 0 aromatic rings. The lowest BCUT2D eigenvalue weighted by Gasteiger charge is -2.12. The standard InChI is InChI=1S/C10H19ClO2Si/c1-5-9(2)10(12)13-7-6-8-14(3,4)11/h2,5-8H2,1,3-4H3. The molecule has 0 bridgehead atoms. The number of hydrogen-bond donors (Lipinski definition) is 0. The molecule has 0 heterocycles. The van der Waals surface area contributed by atoms with Gasteiger partial charge in [-0.15, -0.1) is 0 Å². The number of ether oxygens (including phenoxy) is 1. The van der Waals surface area contributed by atoms with E-state index in [1.54, 1.807) is 0 Å². The monoisotopic (exact) mass is 234 g/mol. The zero-order chi connectivity index (χ0) is 11.2. The summed E-state index contributed by atoms with van der Waals surface area (Å²) in [7, 11) is -1.51. The van der Waals surface area contributed by atoms with Gasteiger partial charge in [-0.25, -0.2) is 4.79 Å². The van der Waals surface area contributed by atoms with Crippen LogP contribution in [0, 0.1) is 0 Å².